The third-order valence-electron chi connectivity index (χ3n) is 13.5. The molecule has 8 rings (SSSR count). The van der Waals surface area contributed by atoms with Crippen LogP contribution in [0.2, 0.25) is 5.02 Å². The number of ether oxygens (including phenoxy) is 1. The SMILES string of the molecule is Cc1ccsc1-c1ccc([C@H](C)NC(=O)[C@@H]2C[C@@H](O)CN2C(=O)[C@@H](NC(=O)CCc2cc(OC(C)CNC(=O)C[C@@H]3N=C(c4ccc(Cl)cc4)c4c(sc(C)c4C)-n4c(C)nnc43)ccc2F)C(C)(C)C)cc1. The average molecular weight is 1050 g/mol. The molecule has 1 saturated heterocycles. The molecule has 1 fully saturated rings. The monoisotopic (exact) mass is 1050 g/mol. The summed E-state index contributed by atoms with van der Waals surface area (Å²) < 4.78 is 23.4. The van der Waals surface area contributed by atoms with Crippen molar-refractivity contribution in [1.82, 2.24) is 35.6 Å². The molecule has 14 nitrogen and oxygen atoms in total. The summed E-state index contributed by atoms with van der Waals surface area (Å²) in [6.07, 6.45) is -1.56. The summed E-state index contributed by atoms with van der Waals surface area (Å²) in [7, 11) is 0. The van der Waals surface area contributed by atoms with Crippen molar-refractivity contribution >= 4 is 63.6 Å². The molecule has 6 aromatic rings. The number of aliphatic hydroxyl groups is 1. The van der Waals surface area contributed by atoms with Crippen LogP contribution in [0, 0.1) is 38.9 Å². The Labute approximate surface area is 438 Å². The minimum Gasteiger partial charge on any atom is -0.489 e. The molecule has 73 heavy (non-hydrogen) atoms. The molecule has 4 amide bonds. The Kier molecular flexibility index (Phi) is 16.0. The molecule has 4 N–H and O–H groups in total. The van der Waals surface area contributed by atoms with Crippen LogP contribution in [0.3, 0.4) is 0 Å². The van der Waals surface area contributed by atoms with E-state index in [1.54, 1.807) is 29.6 Å². The molecule has 0 radical (unpaired) electrons. The summed E-state index contributed by atoms with van der Waals surface area (Å²) in [5.41, 5.74) is 6.28. The Morgan fingerprint density at radius 2 is 1.64 bits per heavy atom. The van der Waals surface area contributed by atoms with E-state index in [0.717, 1.165) is 43.4 Å². The number of thiophene rings is 2. The molecule has 0 aliphatic carbocycles. The number of nitrogens with one attached hydrogen (secondary N) is 3. The summed E-state index contributed by atoms with van der Waals surface area (Å²) in [4.78, 5) is 64.2. The molecule has 0 spiro atoms. The fourth-order valence-corrected chi connectivity index (χ4v) is 11.6. The van der Waals surface area contributed by atoms with E-state index < -0.39 is 59.3 Å². The lowest BCUT2D eigenvalue weighted by atomic mass is 9.85. The van der Waals surface area contributed by atoms with Crippen molar-refractivity contribution < 1.29 is 33.4 Å². The topological polar surface area (TPSA) is 180 Å². The van der Waals surface area contributed by atoms with Crippen molar-refractivity contribution in [2.24, 2.45) is 10.4 Å². The summed E-state index contributed by atoms with van der Waals surface area (Å²) in [5.74, 6) is -0.599. The number of benzene rings is 3. The lowest BCUT2D eigenvalue weighted by Gasteiger charge is -2.35. The van der Waals surface area contributed by atoms with Gasteiger partial charge in [0.1, 0.15) is 46.6 Å². The normalized spacial score (nSPS) is 17.7. The highest BCUT2D eigenvalue weighted by Gasteiger charge is 2.45. The molecule has 2 aliphatic rings. The maximum absolute atomic E-state index is 15.3. The first kappa shape index (κ1) is 53.0. The van der Waals surface area contributed by atoms with Gasteiger partial charge in [0, 0.05) is 45.3 Å². The molecule has 2 aliphatic heterocycles. The van der Waals surface area contributed by atoms with Crippen molar-refractivity contribution in [2.45, 2.75) is 124 Å². The van der Waals surface area contributed by atoms with E-state index in [9.17, 15) is 24.3 Å². The molecule has 6 atom stereocenters. The fourth-order valence-electron chi connectivity index (χ4n) is 9.31. The van der Waals surface area contributed by atoms with E-state index in [-0.39, 0.29) is 56.3 Å². The van der Waals surface area contributed by atoms with E-state index in [1.807, 2.05) is 87.7 Å². The zero-order valence-electron chi connectivity index (χ0n) is 42.5. The van der Waals surface area contributed by atoms with Gasteiger partial charge in [0.15, 0.2) is 5.82 Å². The van der Waals surface area contributed by atoms with Crippen LogP contribution in [-0.4, -0.2) is 91.5 Å². The van der Waals surface area contributed by atoms with Crippen molar-refractivity contribution in [1.29, 1.82) is 0 Å². The fraction of sp³-hybridized carbons (Fsp3) is 0.400. The minimum atomic E-state index is -1.05. The Balaban J connectivity index is 0.862. The molecule has 3 aromatic carbocycles. The highest BCUT2D eigenvalue weighted by atomic mass is 35.5. The Morgan fingerprint density at radius 3 is 2.33 bits per heavy atom. The van der Waals surface area contributed by atoms with Gasteiger partial charge in [-0.3, -0.25) is 28.7 Å². The number of β-amino-alcohol motifs (C(OH)–C–C–N with tert-alkyl or cyclic N) is 1. The Hall–Kier alpha value is -6.27. The molecule has 5 heterocycles. The highest BCUT2D eigenvalue weighted by molar-refractivity contribution is 7.15. The summed E-state index contributed by atoms with van der Waals surface area (Å²) >= 11 is 9.56. The predicted molar refractivity (Wildman–Crippen MR) is 284 cm³/mol. The maximum atomic E-state index is 15.3. The van der Waals surface area contributed by atoms with Crippen LogP contribution in [0.15, 0.2) is 83.2 Å². The molecule has 18 heteroatoms. The second kappa shape index (κ2) is 22.1. The van der Waals surface area contributed by atoms with Crippen LogP contribution >= 0.6 is 34.3 Å². The van der Waals surface area contributed by atoms with Crippen molar-refractivity contribution in [3.8, 4) is 21.2 Å². The van der Waals surface area contributed by atoms with Crippen LogP contribution in [0.5, 0.6) is 5.75 Å². The molecule has 0 saturated carbocycles. The van der Waals surface area contributed by atoms with E-state index in [1.165, 1.54) is 33.5 Å². The van der Waals surface area contributed by atoms with Gasteiger partial charge >= 0.3 is 0 Å². The number of aliphatic hydroxyl groups excluding tert-OH is 1. The second-order valence-corrected chi connectivity index (χ2v) is 22.7. The number of aryl methyl sites for hydroxylation is 4. The number of aromatic nitrogens is 3. The number of halogens is 2. The smallest absolute Gasteiger partial charge is 0.246 e. The quantitative estimate of drug-likeness (QED) is 0.0741. The average Bonchev–Trinajstić information content (AvgIpc) is 4.12. The zero-order chi connectivity index (χ0) is 52.5. The number of hydrogen-bond acceptors (Lipinski definition) is 11. The number of hydrogen-bond donors (Lipinski definition) is 4. The number of fused-ring (bicyclic) bond motifs is 3. The van der Waals surface area contributed by atoms with Crippen LogP contribution in [-0.2, 0) is 25.6 Å². The van der Waals surface area contributed by atoms with E-state index in [2.05, 4.69) is 58.4 Å². The number of amides is 4. The predicted octanol–water partition coefficient (Wildman–Crippen LogP) is 9.25. The van der Waals surface area contributed by atoms with Gasteiger partial charge in [-0.1, -0.05) is 68.8 Å². The lowest BCUT2D eigenvalue weighted by molar-refractivity contribution is -0.144. The standard InChI is InChI=1S/C55H62ClFN8O6S2/c1-29-22-23-72-49(29)37-12-10-35(11-13-37)32(4)59-52(69)44-25-40(66)28-64(44)53(70)50(55(7,8)9)61-45(67)21-16-38-24-41(19-20-42(38)57)71-30(2)27-58-46(68)26-43-51-63-62-34(6)65(51)54-47(31(3)33(5)73-54)48(60-43)36-14-17-39(56)18-15-36/h10-15,17-20,22-24,30,32,40,43-44,50,66H,16,21,25-28H2,1-9H3,(H,58,68)(H,59,69)(H,61,67)/t30?,32-,40+,43-,44-,50+/m0/s1. The number of likely N-dealkylation sites (tertiary alicyclic amines) is 1. The summed E-state index contributed by atoms with van der Waals surface area (Å²) in [6.45, 7) is 17.2. The number of carbonyl (C=O) groups is 4. The third kappa shape index (κ3) is 11.9. The lowest BCUT2D eigenvalue weighted by Crippen LogP contribution is -2.57. The molecule has 384 valence electrons. The molecule has 3 aromatic heterocycles. The van der Waals surface area contributed by atoms with Gasteiger partial charge in [-0.25, -0.2) is 4.39 Å². The third-order valence-corrected chi connectivity index (χ3v) is 16.0. The van der Waals surface area contributed by atoms with E-state index >= 15 is 4.39 Å². The Bertz CT molecular complexity index is 3050. The number of aliphatic imine (C=N–C) groups is 1. The first-order valence-corrected chi connectivity index (χ1v) is 26.5. The maximum Gasteiger partial charge on any atom is 0.246 e. The first-order valence-electron chi connectivity index (χ1n) is 24.5. The molecule has 1 unspecified atom stereocenters. The summed E-state index contributed by atoms with van der Waals surface area (Å²) in [6, 6.07) is 18.8. The van der Waals surface area contributed by atoms with Crippen LogP contribution in [0.1, 0.15) is 116 Å². The van der Waals surface area contributed by atoms with E-state index in [0.29, 0.717) is 22.4 Å². The van der Waals surface area contributed by atoms with Crippen molar-refractivity contribution in [3.05, 3.63) is 139 Å². The second-order valence-electron chi connectivity index (χ2n) is 20.1. The van der Waals surface area contributed by atoms with Gasteiger partial charge < -0.3 is 30.7 Å². The van der Waals surface area contributed by atoms with Crippen LogP contribution < -0.4 is 20.7 Å². The zero-order valence-corrected chi connectivity index (χ0v) is 44.9. The molecular formula is C55H62ClFN8O6S2. The number of carbonyl (C=O) groups excluding carboxylic acids is 4. The highest BCUT2D eigenvalue weighted by Crippen LogP contribution is 2.40. The van der Waals surface area contributed by atoms with Gasteiger partial charge in [0.2, 0.25) is 23.6 Å². The number of nitrogens with zero attached hydrogens (tertiary/aromatic N) is 5. The van der Waals surface area contributed by atoms with Gasteiger partial charge in [0.25, 0.3) is 0 Å². The van der Waals surface area contributed by atoms with Gasteiger partial charge in [-0.15, -0.1) is 32.9 Å². The summed E-state index contributed by atoms with van der Waals surface area (Å²) in [5, 5.41) is 32.1. The van der Waals surface area contributed by atoms with E-state index in [4.69, 9.17) is 21.3 Å². The van der Waals surface area contributed by atoms with Gasteiger partial charge in [-0.05, 0) is 123 Å². The Morgan fingerprint density at radius 1 is 0.932 bits per heavy atom. The van der Waals surface area contributed by atoms with Gasteiger partial charge in [0.05, 0.1) is 30.8 Å². The van der Waals surface area contributed by atoms with Crippen molar-refractivity contribution in [3.63, 3.8) is 0 Å². The largest absolute Gasteiger partial charge is 0.489 e. The van der Waals surface area contributed by atoms with Crippen LogP contribution in [0.25, 0.3) is 15.4 Å². The van der Waals surface area contributed by atoms with Gasteiger partial charge in [-0.2, -0.15) is 0 Å². The molecular weight excluding hydrogens is 987 g/mol. The minimum absolute atomic E-state index is 0.0000182. The van der Waals surface area contributed by atoms with Crippen LogP contribution in [0.4, 0.5) is 4.39 Å². The molecule has 0 bridgehead atoms. The van der Waals surface area contributed by atoms with Crippen molar-refractivity contribution in [2.75, 3.05) is 13.1 Å². The first-order chi connectivity index (χ1) is 34.7. The number of rotatable bonds is 16.